The Labute approximate surface area is 236 Å². The van der Waals surface area contributed by atoms with Crippen LogP contribution in [0, 0.1) is 0 Å². The van der Waals surface area contributed by atoms with E-state index in [0.717, 1.165) is 0 Å². The molecule has 0 saturated carbocycles. The summed E-state index contributed by atoms with van der Waals surface area (Å²) < 4.78 is 269. The molecule has 3 saturated heterocycles. The van der Waals surface area contributed by atoms with E-state index in [4.69, 9.17) is 0 Å². The van der Waals surface area contributed by atoms with Gasteiger partial charge in [-0.3, -0.25) is 0 Å². The molecular weight excluding hydrogens is 710 g/mol. The van der Waals surface area contributed by atoms with Crippen LogP contribution in [0.1, 0.15) is 13.8 Å². The minimum atomic E-state index is -8.11. The van der Waals surface area contributed by atoms with Gasteiger partial charge in [0.05, 0.1) is 0 Å². The van der Waals surface area contributed by atoms with Gasteiger partial charge in [-0.05, 0) is 0 Å². The number of nitrogens with one attached hydrogen (secondary N) is 3. The average Bonchev–Trinajstić information content (AvgIpc) is 2.74. The fraction of sp³-hybridized carbons (Fsp3) is 1.00. The van der Waals surface area contributed by atoms with Gasteiger partial charge in [0.15, 0.2) is 0 Å². The van der Waals surface area contributed by atoms with Crippen LogP contribution in [0.4, 0.5) is 74.6 Å². The Kier molecular flexibility index (Phi) is 10.0. The maximum atomic E-state index is 15.0. The molecule has 0 aromatic heterocycles. The van der Waals surface area contributed by atoms with Crippen molar-refractivity contribution in [1.82, 2.24) is 20.2 Å². The Hall–Kier alpha value is -1.05. The van der Waals surface area contributed by atoms with Gasteiger partial charge in [0.25, 0.3) is 0 Å². The molecule has 2 atom stereocenters. The van der Waals surface area contributed by atoms with E-state index in [2.05, 4.69) is 0 Å². The number of fused-ring (bicyclic) bond motifs is 6. The summed E-state index contributed by atoms with van der Waals surface area (Å²) in [6.07, 6.45) is -23.7. The molecule has 264 valence electrons. The summed E-state index contributed by atoms with van der Waals surface area (Å²) in [6, 6.07) is 0. The predicted molar refractivity (Wildman–Crippen MR) is 115 cm³/mol. The Morgan fingerprint density at radius 1 is 0.591 bits per heavy atom. The molecule has 3 aliphatic rings. The first-order valence-corrected chi connectivity index (χ1v) is 15.7. The van der Waals surface area contributed by atoms with Crippen LogP contribution in [0.15, 0.2) is 0 Å². The number of hydrogen-bond acceptors (Lipinski definition) is 8. The van der Waals surface area contributed by atoms with Crippen molar-refractivity contribution >= 4 is 16.4 Å². The summed E-state index contributed by atoms with van der Waals surface area (Å²) in [6.45, 7) is -10.0. The van der Waals surface area contributed by atoms with Crippen LogP contribution >= 0.6 is 6.92 Å². The number of hydrogen-bond donors (Lipinski definition) is 3. The summed E-state index contributed by atoms with van der Waals surface area (Å²) in [4.78, 5) is 1.58. The molecule has 2 unspecified atom stereocenters. The van der Waals surface area contributed by atoms with E-state index in [0.29, 0.717) is 0 Å². The molecule has 3 N–H and O–H groups in total. The normalized spacial score (nSPS) is 25.3. The molecular formula is C17H22F17N4O4PS. The van der Waals surface area contributed by atoms with E-state index in [1.807, 2.05) is 24.7 Å². The van der Waals surface area contributed by atoms with E-state index < -0.39 is 103 Å². The molecule has 27 heteroatoms. The molecule has 2 bridgehead atoms. The topological polar surface area (TPSA) is 91.9 Å². The van der Waals surface area contributed by atoms with Crippen LogP contribution in [0.5, 0.6) is 0 Å². The Morgan fingerprint density at radius 2 is 0.955 bits per heavy atom. The fourth-order valence-electron chi connectivity index (χ4n) is 3.80. The molecule has 0 aromatic rings. The van der Waals surface area contributed by atoms with E-state index >= 15 is 0 Å². The molecule has 0 radical (unpaired) electrons. The molecule has 0 aliphatic carbocycles. The van der Waals surface area contributed by atoms with Crippen molar-refractivity contribution in [3.05, 3.63) is 0 Å². The van der Waals surface area contributed by atoms with Crippen molar-refractivity contribution in [3.63, 3.8) is 0 Å². The van der Waals surface area contributed by atoms with Gasteiger partial charge in [-0.1, -0.05) is 0 Å². The van der Waals surface area contributed by atoms with Gasteiger partial charge in [-0.15, -0.1) is 0 Å². The van der Waals surface area contributed by atoms with Gasteiger partial charge in [-0.25, -0.2) is 0 Å². The monoisotopic (exact) mass is 732 g/mol. The van der Waals surface area contributed by atoms with Crippen LogP contribution in [-0.4, -0.2) is 106 Å². The molecule has 3 aliphatic heterocycles. The van der Waals surface area contributed by atoms with Crippen LogP contribution in [0.2, 0.25) is 0 Å². The standard InChI is InChI=1S/C17H22F17N4O4PS/c1-9(18,19)11(22,23)12(24,10(2,20)21)41-15(29,30)13(25,14(26,27)28)42-16(31,32)17(33,34)44(39,40)43-35-3-6-38(7-4-36-43)8-5-37-43/h35-37,43H,3-8H2,1-2H3. The van der Waals surface area contributed by atoms with Crippen molar-refractivity contribution in [1.29, 1.82) is 0 Å². The molecule has 3 rings (SSSR count). The Balaban J connectivity index is 2.69. The van der Waals surface area contributed by atoms with Gasteiger partial charge in [0.1, 0.15) is 0 Å². The van der Waals surface area contributed by atoms with E-state index in [-0.39, 0.29) is 19.6 Å². The first-order chi connectivity index (χ1) is 19.2. The Bertz CT molecular complexity index is 1140. The van der Waals surface area contributed by atoms with Crippen LogP contribution < -0.4 is 15.3 Å². The third-order valence-electron chi connectivity index (χ3n) is 6.28. The number of nitrogens with zero attached hydrogens (tertiary/aromatic N) is 1. The molecule has 0 amide bonds. The quantitative estimate of drug-likeness (QED) is 0.211. The zero-order valence-corrected chi connectivity index (χ0v) is 23.5. The van der Waals surface area contributed by atoms with E-state index in [1.165, 1.54) is 0 Å². The summed E-state index contributed by atoms with van der Waals surface area (Å²) in [5, 5.41) is -1.38. The molecule has 0 spiro atoms. The number of rotatable bonds is 11. The van der Waals surface area contributed by atoms with Crippen LogP contribution in [-0.2, 0) is 18.9 Å². The average molecular weight is 732 g/mol. The number of ether oxygens (including phenoxy) is 2. The predicted octanol–water partition coefficient (Wildman–Crippen LogP) is 4.56. The third-order valence-corrected chi connectivity index (χ3v) is 14.7. The van der Waals surface area contributed by atoms with E-state index in [1.54, 1.807) is 4.90 Å². The van der Waals surface area contributed by atoms with Crippen molar-refractivity contribution in [2.75, 3.05) is 39.3 Å². The second-order valence-corrected chi connectivity index (χ2v) is 17.0. The SMILES string of the molecule is CC(F)(F)C(F)(F)C(F)(OC(F)(F)C(F)(OC(F)(F)C(F)(F)S(=O)(=O)[PH]12NCCN(CCN1)CCN2)C(F)(F)F)C(C)(F)F. The molecule has 8 nitrogen and oxygen atoms in total. The molecule has 0 aromatic carbocycles. The first-order valence-electron chi connectivity index (χ1n) is 11.5. The summed E-state index contributed by atoms with van der Waals surface area (Å²) in [5.41, 5.74) is 0. The van der Waals surface area contributed by atoms with Crippen molar-refractivity contribution in [2.24, 2.45) is 0 Å². The molecule has 44 heavy (non-hydrogen) atoms. The van der Waals surface area contributed by atoms with E-state index in [9.17, 15) is 83.1 Å². The second kappa shape index (κ2) is 11.3. The number of alkyl halides is 17. The summed E-state index contributed by atoms with van der Waals surface area (Å²) >= 11 is 0. The number of halogens is 17. The van der Waals surface area contributed by atoms with Crippen molar-refractivity contribution < 1.29 is 92.5 Å². The third kappa shape index (κ3) is 6.05. The van der Waals surface area contributed by atoms with Crippen molar-refractivity contribution in [3.8, 4) is 0 Å². The first kappa shape index (κ1) is 39.1. The van der Waals surface area contributed by atoms with Gasteiger partial charge in [-0.2, -0.15) is 0 Å². The zero-order chi connectivity index (χ0) is 34.9. The zero-order valence-electron chi connectivity index (χ0n) is 21.7. The van der Waals surface area contributed by atoms with Gasteiger partial charge in [0.2, 0.25) is 0 Å². The van der Waals surface area contributed by atoms with Gasteiger partial charge < -0.3 is 0 Å². The van der Waals surface area contributed by atoms with Crippen molar-refractivity contribution in [2.45, 2.75) is 67.0 Å². The minimum absolute atomic E-state index is 0.105. The summed E-state index contributed by atoms with van der Waals surface area (Å²) in [7, 11) is -7.08. The molecule has 3 heterocycles. The van der Waals surface area contributed by atoms with Crippen LogP contribution in [0.25, 0.3) is 0 Å². The molecule has 3 fully saturated rings. The fourth-order valence-corrected chi connectivity index (χ4v) is 11.0. The Morgan fingerprint density at radius 3 is 1.27 bits per heavy atom. The second-order valence-electron chi connectivity index (χ2n) is 9.60. The summed E-state index contributed by atoms with van der Waals surface area (Å²) in [5.74, 6) is -35.6. The van der Waals surface area contributed by atoms with Gasteiger partial charge in [0, 0.05) is 0 Å². The maximum absolute atomic E-state index is 15.0. The van der Waals surface area contributed by atoms with Crippen LogP contribution in [0.3, 0.4) is 0 Å². The van der Waals surface area contributed by atoms with Gasteiger partial charge >= 0.3 is 235 Å².